The van der Waals surface area contributed by atoms with E-state index < -0.39 is 17.5 Å². The highest BCUT2D eigenvalue weighted by Gasteiger charge is 2.15. The molecular weight excluding hydrogens is 262 g/mol. The third kappa shape index (κ3) is 4.79. The Bertz CT molecular complexity index is 463. The quantitative estimate of drug-likeness (QED) is 0.713. The van der Waals surface area contributed by atoms with Gasteiger partial charge in [-0.1, -0.05) is 32.6 Å². The lowest BCUT2D eigenvalue weighted by Gasteiger charge is -2.16. The van der Waals surface area contributed by atoms with Gasteiger partial charge in [-0.05, 0) is 19.4 Å². The Kier molecular flexibility index (Phi) is 6.42. The van der Waals surface area contributed by atoms with E-state index in [2.05, 4.69) is 12.2 Å². The van der Waals surface area contributed by atoms with Crippen molar-refractivity contribution in [2.75, 3.05) is 5.32 Å². The molecule has 20 heavy (non-hydrogen) atoms. The van der Waals surface area contributed by atoms with Crippen molar-refractivity contribution in [3.8, 4) is 0 Å². The van der Waals surface area contributed by atoms with Gasteiger partial charge in [0.25, 0.3) is 5.91 Å². The van der Waals surface area contributed by atoms with E-state index >= 15 is 0 Å². The first-order valence-corrected chi connectivity index (χ1v) is 7.01. The molecule has 1 amide bonds. The maximum absolute atomic E-state index is 13.6. The van der Waals surface area contributed by atoms with E-state index in [4.69, 9.17) is 5.73 Å². The first kappa shape index (κ1) is 16.4. The standard InChI is InChI=1S/C15H22F2N2O/c1-3-4-5-6-7-10(2)19-14-8-11(15(18)20)12(16)9-13(14)17/h8-10,19H,3-7H2,1-2H3,(H2,18,20). The normalized spacial score (nSPS) is 12.2. The van der Waals surface area contributed by atoms with Crippen molar-refractivity contribution in [2.24, 2.45) is 5.73 Å². The van der Waals surface area contributed by atoms with Crippen molar-refractivity contribution >= 4 is 11.6 Å². The van der Waals surface area contributed by atoms with E-state index in [-0.39, 0.29) is 17.3 Å². The van der Waals surface area contributed by atoms with Crippen molar-refractivity contribution in [2.45, 2.75) is 52.0 Å². The molecule has 1 aromatic carbocycles. The number of nitrogens with two attached hydrogens (primary N) is 1. The van der Waals surface area contributed by atoms with E-state index in [0.29, 0.717) is 6.07 Å². The Balaban J connectivity index is 2.67. The summed E-state index contributed by atoms with van der Waals surface area (Å²) in [4.78, 5) is 11.0. The summed E-state index contributed by atoms with van der Waals surface area (Å²) in [5.74, 6) is -2.55. The number of unbranched alkanes of at least 4 members (excludes halogenated alkanes) is 3. The SMILES string of the molecule is CCCCCCC(C)Nc1cc(C(N)=O)c(F)cc1F. The minimum absolute atomic E-state index is 0.0487. The highest BCUT2D eigenvalue weighted by Crippen LogP contribution is 2.21. The fraction of sp³-hybridized carbons (Fsp3) is 0.533. The van der Waals surface area contributed by atoms with Crippen molar-refractivity contribution in [3.63, 3.8) is 0 Å². The van der Waals surface area contributed by atoms with Gasteiger partial charge in [-0.15, -0.1) is 0 Å². The zero-order valence-corrected chi connectivity index (χ0v) is 12.0. The molecule has 1 aromatic rings. The molecule has 0 aliphatic rings. The highest BCUT2D eigenvalue weighted by atomic mass is 19.1. The Morgan fingerprint density at radius 3 is 2.55 bits per heavy atom. The molecule has 3 nitrogen and oxygen atoms in total. The summed E-state index contributed by atoms with van der Waals surface area (Å²) >= 11 is 0. The predicted octanol–water partition coefficient (Wildman–Crippen LogP) is 3.83. The van der Waals surface area contributed by atoms with Crippen LogP contribution in [0.25, 0.3) is 0 Å². The first-order valence-electron chi connectivity index (χ1n) is 7.01. The maximum Gasteiger partial charge on any atom is 0.251 e. The second-order valence-electron chi connectivity index (χ2n) is 5.07. The molecule has 0 bridgehead atoms. The summed E-state index contributed by atoms with van der Waals surface area (Å²) in [5.41, 5.74) is 4.86. The van der Waals surface area contributed by atoms with Crippen LogP contribution in [0.15, 0.2) is 12.1 Å². The molecule has 0 aliphatic heterocycles. The summed E-state index contributed by atoms with van der Waals surface area (Å²) < 4.78 is 27.0. The summed E-state index contributed by atoms with van der Waals surface area (Å²) in [7, 11) is 0. The molecule has 0 fully saturated rings. The molecule has 3 N–H and O–H groups in total. The van der Waals surface area contributed by atoms with Gasteiger partial charge in [0, 0.05) is 12.1 Å². The monoisotopic (exact) mass is 284 g/mol. The van der Waals surface area contributed by atoms with Crippen LogP contribution in [0.1, 0.15) is 56.3 Å². The molecule has 0 aliphatic carbocycles. The second-order valence-corrected chi connectivity index (χ2v) is 5.07. The third-order valence-electron chi connectivity index (χ3n) is 3.21. The topological polar surface area (TPSA) is 55.1 Å². The molecule has 112 valence electrons. The number of benzene rings is 1. The van der Waals surface area contributed by atoms with Crippen LogP contribution in [0, 0.1) is 11.6 Å². The Morgan fingerprint density at radius 2 is 1.95 bits per heavy atom. The number of nitrogens with one attached hydrogen (secondary N) is 1. The van der Waals surface area contributed by atoms with Crippen LogP contribution >= 0.6 is 0 Å². The van der Waals surface area contributed by atoms with Crippen LogP contribution in [0.2, 0.25) is 0 Å². The lowest BCUT2D eigenvalue weighted by molar-refractivity contribution is 0.0996. The Hall–Kier alpha value is -1.65. The summed E-state index contributed by atoms with van der Waals surface area (Å²) in [6.45, 7) is 4.07. The number of hydrogen-bond donors (Lipinski definition) is 2. The van der Waals surface area contributed by atoms with Crippen LogP contribution in [-0.4, -0.2) is 11.9 Å². The number of carbonyl (C=O) groups excluding carboxylic acids is 1. The molecule has 1 rings (SSSR count). The average molecular weight is 284 g/mol. The second kappa shape index (κ2) is 7.82. The number of hydrogen-bond acceptors (Lipinski definition) is 2. The van der Waals surface area contributed by atoms with Gasteiger partial charge in [-0.25, -0.2) is 8.78 Å². The molecule has 5 heteroatoms. The molecule has 1 unspecified atom stereocenters. The molecule has 0 aromatic heterocycles. The minimum Gasteiger partial charge on any atom is -0.380 e. The number of primary amides is 1. The number of amides is 1. The third-order valence-corrected chi connectivity index (χ3v) is 3.21. The van der Waals surface area contributed by atoms with E-state index in [0.717, 1.165) is 31.7 Å². The van der Waals surface area contributed by atoms with Crippen molar-refractivity contribution in [1.82, 2.24) is 0 Å². The van der Waals surface area contributed by atoms with Gasteiger partial charge in [0.2, 0.25) is 0 Å². The van der Waals surface area contributed by atoms with Gasteiger partial charge in [0.15, 0.2) is 0 Å². The van der Waals surface area contributed by atoms with E-state index in [1.165, 1.54) is 6.42 Å². The lowest BCUT2D eigenvalue weighted by Crippen LogP contribution is -2.18. The van der Waals surface area contributed by atoms with Crippen LogP contribution in [0.4, 0.5) is 14.5 Å². The van der Waals surface area contributed by atoms with Crippen molar-refractivity contribution in [1.29, 1.82) is 0 Å². The Labute approximate surface area is 118 Å². The van der Waals surface area contributed by atoms with Crippen LogP contribution in [0.5, 0.6) is 0 Å². The van der Waals surface area contributed by atoms with Crippen LogP contribution < -0.4 is 11.1 Å². The first-order chi connectivity index (χ1) is 9.45. The molecule has 0 radical (unpaired) electrons. The summed E-state index contributed by atoms with van der Waals surface area (Å²) in [5, 5.41) is 2.96. The van der Waals surface area contributed by atoms with Gasteiger partial charge in [-0.2, -0.15) is 0 Å². The van der Waals surface area contributed by atoms with Gasteiger partial charge < -0.3 is 11.1 Å². The number of halogens is 2. The average Bonchev–Trinajstić information content (AvgIpc) is 2.37. The number of rotatable bonds is 8. The lowest BCUT2D eigenvalue weighted by atomic mass is 10.1. The molecule has 1 atom stereocenters. The highest BCUT2D eigenvalue weighted by molar-refractivity contribution is 5.94. The number of anilines is 1. The Morgan fingerprint density at radius 1 is 1.25 bits per heavy atom. The summed E-state index contributed by atoms with van der Waals surface area (Å²) in [6.07, 6.45) is 5.43. The predicted molar refractivity (Wildman–Crippen MR) is 76.7 cm³/mol. The molecular formula is C15H22F2N2O. The van der Waals surface area contributed by atoms with Gasteiger partial charge in [0.1, 0.15) is 11.6 Å². The zero-order valence-electron chi connectivity index (χ0n) is 12.0. The van der Waals surface area contributed by atoms with Crippen LogP contribution in [0.3, 0.4) is 0 Å². The van der Waals surface area contributed by atoms with Crippen molar-refractivity contribution < 1.29 is 13.6 Å². The molecule has 0 heterocycles. The minimum atomic E-state index is -0.934. The molecule has 0 spiro atoms. The molecule has 0 saturated heterocycles. The van der Waals surface area contributed by atoms with E-state index in [9.17, 15) is 13.6 Å². The van der Waals surface area contributed by atoms with Gasteiger partial charge in [-0.3, -0.25) is 4.79 Å². The summed E-state index contributed by atoms with van der Waals surface area (Å²) in [6, 6.07) is 1.87. The van der Waals surface area contributed by atoms with Gasteiger partial charge in [0.05, 0.1) is 11.3 Å². The van der Waals surface area contributed by atoms with Crippen LogP contribution in [-0.2, 0) is 0 Å². The van der Waals surface area contributed by atoms with E-state index in [1.807, 2.05) is 6.92 Å². The zero-order chi connectivity index (χ0) is 15.1. The smallest absolute Gasteiger partial charge is 0.251 e. The van der Waals surface area contributed by atoms with Crippen molar-refractivity contribution in [3.05, 3.63) is 29.3 Å². The fourth-order valence-corrected chi connectivity index (χ4v) is 2.06. The fourth-order valence-electron chi connectivity index (χ4n) is 2.06. The maximum atomic E-state index is 13.6. The van der Waals surface area contributed by atoms with Gasteiger partial charge >= 0.3 is 0 Å². The molecule has 0 saturated carbocycles. The van der Waals surface area contributed by atoms with E-state index in [1.54, 1.807) is 0 Å². The largest absolute Gasteiger partial charge is 0.380 e. The number of carbonyl (C=O) groups is 1.